The van der Waals surface area contributed by atoms with Gasteiger partial charge < -0.3 is 25.7 Å². The number of aromatic nitrogens is 1. The zero-order chi connectivity index (χ0) is 34.6. The highest BCUT2D eigenvalue weighted by atomic mass is 32.1. The van der Waals surface area contributed by atoms with Crippen molar-refractivity contribution in [1.82, 2.24) is 20.5 Å². The van der Waals surface area contributed by atoms with Crippen molar-refractivity contribution in [2.75, 3.05) is 6.54 Å². The summed E-state index contributed by atoms with van der Waals surface area (Å²) >= 11 is 1.58. The van der Waals surface area contributed by atoms with Crippen molar-refractivity contribution < 1.29 is 29.4 Å². The summed E-state index contributed by atoms with van der Waals surface area (Å²) in [5, 5.41) is 26.4. The van der Waals surface area contributed by atoms with Gasteiger partial charge in [0.1, 0.15) is 12.1 Å². The van der Waals surface area contributed by atoms with Crippen molar-refractivity contribution in [3.05, 3.63) is 41.0 Å². The highest BCUT2D eigenvalue weighted by molar-refractivity contribution is 7.13. The molecule has 5 aliphatic rings. The topological polar surface area (TPSA) is 149 Å². The minimum atomic E-state index is -0.896. The first-order valence-corrected chi connectivity index (χ1v) is 18.2. The molecule has 4 aliphatic carbocycles. The van der Waals surface area contributed by atoms with Crippen LogP contribution in [-0.2, 0) is 19.2 Å². The second-order valence-corrected chi connectivity index (χ2v) is 17.4. The average molecular weight is 679 g/mol. The monoisotopic (exact) mass is 678 g/mol. The molecule has 8 atom stereocenters. The number of nitrogens with one attached hydrogen (secondary N) is 2. The van der Waals surface area contributed by atoms with E-state index in [1.807, 2.05) is 64.4 Å². The van der Waals surface area contributed by atoms with Crippen LogP contribution in [0.2, 0.25) is 0 Å². The zero-order valence-corrected chi connectivity index (χ0v) is 29.6. The van der Waals surface area contributed by atoms with E-state index in [2.05, 4.69) is 15.6 Å². The van der Waals surface area contributed by atoms with Crippen LogP contribution in [0.5, 0.6) is 0 Å². The molecule has 4 bridgehead atoms. The number of benzene rings is 1. The van der Waals surface area contributed by atoms with Crippen LogP contribution in [0, 0.1) is 35.0 Å². The van der Waals surface area contributed by atoms with E-state index in [-0.39, 0.29) is 60.4 Å². The third-order valence-corrected chi connectivity index (χ3v) is 12.4. The summed E-state index contributed by atoms with van der Waals surface area (Å²) < 4.78 is 0. The van der Waals surface area contributed by atoms with Crippen molar-refractivity contribution in [3.63, 3.8) is 0 Å². The van der Waals surface area contributed by atoms with Gasteiger partial charge in [0.05, 0.1) is 34.6 Å². The number of aliphatic hydroxyl groups excluding tert-OH is 1. The van der Waals surface area contributed by atoms with Crippen LogP contribution >= 0.6 is 11.3 Å². The van der Waals surface area contributed by atoms with Gasteiger partial charge in [-0.1, -0.05) is 45.0 Å². The number of aliphatic carboxylic acids is 1. The van der Waals surface area contributed by atoms with E-state index >= 15 is 0 Å². The first-order valence-electron chi connectivity index (χ1n) is 17.4. The molecule has 4 saturated carbocycles. The number of β-amino-alcohol motifs (C(OH)–C–C–N with tert-alkyl or cyclic N) is 1. The van der Waals surface area contributed by atoms with Gasteiger partial charge in [-0.25, -0.2) is 4.98 Å². The van der Waals surface area contributed by atoms with E-state index in [0.29, 0.717) is 11.8 Å². The van der Waals surface area contributed by atoms with Crippen LogP contribution in [0.25, 0.3) is 10.4 Å². The summed E-state index contributed by atoms with van der Waals surface area (Å²) in [5.41, 5.74) is 3.64. The molecule has 0 spiro atoms. The minimum Gasteiger partial charge on any atom is -0.481 e. The normalized spacial score (nSPS) is 30.6. The lowest BCUT2D eigenvalue weighted by Gasteiger charge is -2.62. The van der Waals surface area contributed by atoms with E-state index in [1.165, 1.54) is 4.90 Å². The smallest absolute Gasteiger partial charge is 0.303 e. The van der Waals surface area contributed by atoms with Crippen molar-refractivity contribution in [1.29, 1.82) is 0 Å². The fraction of sp³-hybridized carbons (Fsp3) is 0.649. The average Bonchev–Trinajstić information content (AvgIpc) is 3.58. The molecule has 260 valence electrons. The zero-order valence-electron chi connectivity index (χ0n) is 28.8. The van der Waals surface area contributed by atoms with Crippen molar-refractivity contribution in [3.8, 4) is 10.4 Å². The number of carboxylic acid groups (broad SMARTS) is 1. The van der Waals surface area contributed by atoms with Gasteiger partial charge in [0, 0.05) is 19.4 Å². The second-order valence-electron chi connectivity index (χ2n) is 16.6. The Labute approximate surface area is 287 Å². The molecule has 4 N–H and O–H groups in total. The molecule has 1 aromatic carbocycles. The molecule has 4 unspecified atom stereocenters. The number of rotatable bonds is 10. The van der Waals surface area contributed by atoms with Crippen molar-refractivity contribution >= 4 is 35.0 Å². The van der Waals surface area contributed by atoms with Gasteiger partial charge in [0.2, 0.25) is 17.7 Å². The highest BCUT2D eigenvalue weighted by Crippen LogP contribution is 2.67. The van der Waals surface area contributed by atoms with E-state index < -0.39 is 29.6 Å². The Morgan fingerprint density at radius 2 is 1.62 bits per heavy atom. The summed E-state index contributed by atoms with van der Waals surface area (Å²) in [7, 11) is 0. The first-order chi connectivity index (χ1) is 22.6. The number of amides is 3. The number of nitrogens with zero attached hydrogens (tertiary/aromatic N) is 2. The second kappa shape index (κ2) is 12.9. The highest BCUT2D eigenvalue weighted by Gasteiger charge is 2.58. The molecule has 48 heavy (non-hydrogen) atoms. The standard InChI is InChI=1S/C37H50N4O6S/c1-21(25-6-8-26(9-7-25)31-22(2)38-20-48-31)39-33(46)28-11-27(42)18-41(28)34(47)32(35(3,4)5)40-29(43)16-36-12-23-10-24(13-36)15-37(14-23,19-36)17-30(44)45/h6-9,20-21,23-24,27-28,32,42H,10-19H2,1-5H3,(H,39,46)(H,40,43)(H,44,45)/t21-,23+,24?,27+,28-,32?,36?,37?/m0/s1. The van der Waals surface area contributed by atoms with Gasteiger partial charge in [0.15, 0.2) is 0 Å². The predicted molar refractivity (Wildman–Crippen MR) is 183 cm³/mol. The van der Waals surface area contributed by atoms with Crippen LogP contribution in [0.4, 0.5) is 0 Å². The summed E-state index contributed by atoms with van der Waals surface area (Å²) in [6.45, 7) is 9.56. The Balaban J connectivity index is 1.12. The number of hydrogen-bond acceptors (Lipinski definition) is 7. The van der Waals surface area contributed by atoms with Gasteiger partial charge in [-0.05, 0) is 91.6 Å². The molecular weight excluding hydrogens is 628 g/mol. The van der Waals surface area contributed by atoms with Gasteiger partial charge in [-0.3, -0.25) is 19.2 Å². The molecular formula is C37H50N4O6S. The van der Waals surface area contributed by atoms with Crippen LogP contribution in [0.1, 0.15) is 103 Å². The number of carboxylic acids is 1. The molecule has 7 rings (SSSR count). The quantitative estimate of drug-likeness (QED) is 0.269. The number of thiazole rings is 1. The Kier molecular flexibility index (Phi) is 9.26. The van der Waals surface area contributed by atoms with Crippen LogP contribution in [0.3, 0.4) is 0 Å². The molecule has 0 radical (unpaired) electrons. The lowest BCUT2D eigenvalue weighted by Crippen LogP contribution is -2.59. The molecule has 3 amide bonds. The number of aliphatic hydroxyl groups is 1. The number of likely N-dealkylation sites (tertiary alicyclic amines) is 1. The molecule has 1 aliphatic heterocycles. The Morgan fingerprint density at radius 3 is 2.19 bits per heavy atom. The maximum absolute atomic E-state index is 14.2. The Morgan fingerprint density at radius 1 is 1.00 bits per heavy atom. The van der Waals surface area contributed by atoms with Gasteiger partial charge in [0.25, 0.3) is 0 Å². The molecule has 2 heterocycles. The summed E-state index contributed by atoms with van der Waals surface area (Å²) in [4.78, 5) is 60.3. The lowest BCUT2D eigenvalue weighted by molar-refractivity contribution is -0.156. The van der Waals surface area contributed by atoms with Gasteiger partial charge >= 0.3 is 5.97 Å². The van der Waals surface area contributed by atoms with Crippen molar-refractivity contribution in [2.24, 2.45) is 28.1 Å². The van der Waals surface area contributed by atoms with E-state index in [0.717, 1.165) is 60.2 Å². The first kappa shape index (κ1) is 34.5. The molecule has 5 fully saturated rings. The maximum atomic E-state index is 14.2. The molecule has 10 nitrogen and oxygen atoms in total. The van der Waals surface area contributed by atoms with Crippen LogP contribution < -0.4 is 10.6 Å². The minimum absolute atomic E-state index is 0.0155. The molecule has 11 heteroatoms. The lowest BCUT2D eigenvalue weighted by atomic mass is 9.43. The fourth-order valence-electron chi connectivity index (χ4n) is 9.95. The number of aryl methyl sites for hydroxylation is 1. The third-order valence-electron chi connectivity index (χ3n) is 11.4. The van der Waals surface area contributed by atoms with Gasteiger partial charge in [-0.15, -0.1) is 11.3 Å². The molecule has 1 aromatic heterocycles. The van der Waals surface area contributed by atoms with Gasteiger partial charge in [-0.2, -0.15) is 0 Å². The van der Waals surface area contributed by atoms with Crippen molar-refractivity contribution in [2.45, 2.75) is 117 Å². The third kappa shape index (κ3) is 7.04. The van der Waals surface area contributed by atoms with Crippen LogP contribution in [-0.4, -0.2) is 68.5 Å². The summed E-state index contributed by atoms with van der Waals surface area (Å²) in [6.07, 6.45) is 5.28. The van der Waals surface area contributed by atoms with E-state index in [9.17, 15) is 29.4 Å². The number of carbonyl (C=O) groups excluding carboxylic acids is 3. The fourth-order valence-corrected chi connectivity index (χ4v) is 10.8. The number of hydrogen-bond donors (Lipinski definition) is 4. The molecule has 1 saturated heterocycles. The molecule has 2 aromatic rings. The van der Waals surface area contributed by atoms with Crippen LogP contribution in [0.15, 0.2) is 29.8 Å². The Bertz CT molecular complexity index is 1550. The Hall–Kier alpha value is -3.31. The number of carbonyl (C=O) groups is 4. The summed E-state index contributed by atoms with van der Waals surface area (Å²) in [6, 6.07) is 5.89. The summed E-state index contributed by atoms with van der Waals surface area (Å²) in [5.74, 6) is -0.792. The largest absolute Gasteiger partial charge is 0.481 e. The van der Waals surface area contributed by atoms with E-state index in [1.54, 1.807) is 11.3 Å². The predicted octanol–water partition coefficient (Wildman–Crippen LogP) is 5.24. The van der Waals surface area contributed by atoms with E-state index in [4.69, 9.17) is 0 Å². The maximum Gasteiger partial charge on any atom is 0.303 e. The SMILES string of the molecule is Cc1ncsc1-c1ccc([C@H](C)NC(=O)[C@@H]2C[C@@H](O)CN2C(=O)C(NC(=O)CC23CC4C[C@@H](CC(CC(=O)O)(C4)C2)C3)C(C)(C)C)cc1.